The minimum Gasteiger partial charge on any atom is -0.511 e. The summed E-state index contributed by atoms with van der Waals surface area (Å²) in [5, 5.41) is 45.7. The first-order chi connectivity index (χ1) is 19.6. The molecule has 0 aliphatic heterocycles. The number of hydrogen-bond acceptors (Lipinski definition) is 9. The van der Waals surface area contributed by atoms with E-state index in [1.807, 2.05) is 4.90 Å². The molecule has 1 heterocycles. The molecule has 0 saturated heterocycles. The quantitative estimate of drug-likeness (QED) is 0.254. The maximum absolute atomic E-state index is 14.2. The molecule has 0 radical (unpaired) electrons. The van der Waals surface area contributed by atoms with E-state index in [0.717, 1.165) is 0 Å². The second-order valence-electron chi connectivity index (χ2n) is 12.1. The van der Waals surface area contributed by atoms with Gasteiger partial charge in [0, 0.05) is 60.7 Å². The molecule has 3 aliphatic rings. The predicted molar refractivity (Wildman–Crippen MR) is 152 cm³/mol. The van der Waals surface area contributed by atoms with Crippen molar-refractivity contribution < 1.29 is 39.6 Å². The summed E-state index contributed by atoms with van der Waals surface area (Å²) in [5.74, 6) is -7.98. The topological polar surface area (TPSA) is 183 Å². The maximum Gasteiger partial charge on any atom is 0.255 e. The zero-order chi connectivity index (χ0) is 31.0. The molecule has 3 aliphatic carbocycles. The highest BCUT2D eigenvalue weighted by Crippen LogP contribution is 2.55. The molecule has 0 bridgehead atoms. The Morgan fingerprint density at radius 3 is 2.40 bits per heavy atom. The molecule has 1 amide bonds. The first-order valence-electron chi connectivity index (χ1n) is 13.8. The highest BCUT2D eigenvalue weighted by molar-refractivity contribution is 6.24. The first kappa shape index (κ1) is 29.1. The molecule has 2 aromatic rings. The number of nitrogens with zero attached hydrogens (tertiary/aromatic N) is 2. The number of Topliss-reactive ketones (excluding diaryl/α,β-unsaturated/α-hetero) is 3. The van der Waals surface area contributed by atoms with E-state index in [0.29, 0.717) is 22.4 Å². The van der Waals surface area contributed by atoms with Crippen LogP contribution in [-0.2, 0) is 22.6 Å². The fourth-order valence-corrected chi connectivity index (χ4v) is 7.06. The lowest BCUT2D eigenvalue weighted by atomic mass is 9.55. The Morgan fingerprint density at radius 2 is 1.86 bits per heavy atom. The highest BCUT2D eigenvalue weighted by Gasteiger charge is 2.63. The summed E-state index contributed by atoms with van der Waals surface area (Å²) < 4.78 is 1.70. The average molecular weight is 578 g/mol. The Labute approximate surface area is 242 Å². The van der Waals surface area contributed by atoms with Gasteiger partial charge in [0.25, 0.3) is 5.91 Å². The van der Waals surface area contributed by atoms with E-state index in [-0.39, 0.29) is 48.0 Å². The van der Waals surface area contributed by atoms with Gasteiger partial charge in [-0.1, -0.05) is 13.8 Å². The van der Waals surface area contributed by atoms with E-state index >= 15 is 0 Å². The third-order valence-corrected chi connectivity index (χ3v) is 9.02. The van der Waals surface area contributed by atoms with Crippen LogP contribution >= 0.6 is 0 Å². The van der Waals surface area contributed by atoms with Crippen molar-refractivity contribution >= 4 is 28.9 Å². The van der Waals surface area contributed by atoms with Crippen molar-refractivity contribution in [3.05, 3.63) is 69.4 Å². The van der Waals surface area contributed by atoms with Crippen LogP contribution in [0.1, 0.15) is 59.0 Å². The summed E-state index contributed by atoms with van der Waals surface area (Å²) in [6.07, 6.45) is 3.59. The molecule has 11 nitrogen and oxygen atoms in total. The summed E-state index contributed by atoms with van der Waals surface area (Å²) in [7, 11) is 3.60. The summed E-state index contributed by atoms with van der Waals surface area (Å²) in [6, 6.07) is 3.43. The number of hydrogen-bond donors (Lipinski definition) is 5. The summed E-state index contributed by atoms with van der Waals surface area (Å²) >= 11 is 0. The fraction of sp³-hybridized carbons (Fsp3) is 0.419. The molecule has 5 rings (SSSR count). The van der Waals surface area contributed by atoms with E-state index in [2.05, 4.69) is 0 Å². The molecule has 0 saturated carbocycles. The van der Waals surface area contributed by atoms with Crippen molar-refractivity contribution in [2.45, 2.75) is 45.8 Å². The average Bonchev–Trinajstić information content (AvgIpc) is 3.36. The van der Waals surface area contributed by atoms with Gasteiger partial charge in [-0.05, 0) is 49.3 Å². The lowest BCUT2D eigenvalue weighted by Crippen LogP contribution is -2.60. The van der Waals surface area contributed by atoms with Gasteiger partial charge in [0.2, 0.25) is 5.78 Å². The Balaban J connectivity index is 1.69. The summed E-state index contributed by atoms with van der Waals surface area (Å²) in [5.41, 5.74) is 3.81. The molecule has 0 spiro atoms. The number of fused-ring (bicyclic) bond motifs is 3. The molecule has 1 aromatic heterocycles. The number of allylic oxidation sites excluding steroid dienone is 2. The number of aromatic nitrogens is 1. The van der Waals surface area contributed by atoms with Gasteiger partial charge < -0.3 is 35.6 Å². The molecule has 1 unspecified atom stereocenters. The monoisotopic (exact) mass is 577 g/mol. The second kappa shape index (κ2) is 9.87. The number of anilines is 1. The number of aliphatic hydroxyl groups is 3. The largest absolute Gasteiger partial charge is 0.511 e. The van der Waals surface area contributed by atoms with Crippen LogP contribution in [0.4, 0.5) is 5.69 Å². The number of benzene rings is 1. The van der Waals surface area contributed by atoms with Gasteiger partial charge in [0.05, 0.1) is 12.1 Å². The van der Waals surface area contributed by atoms with Crippen LogP contribution < -0.4 is 10.6 Å². The minimum atomic E-state index is -2.66. The van der Waals surface area contributed by atoms with Crippen LogP contribution in [0.25, 0.3) is 0 Å². The molecule has 4 atom stereocenters. The van der Waals surface area contributed by atoms with E-state index in [1.165, 1.54) is 6.92 Å². The SMILES string of the molecule is CC(=O)c1ccn(Cc2cc(N(C)C)c3c(c2O)C(=O)C2=C(O)[C@@]4(O)C(=O)C(C(N)=O)=C(O)C(C(C)C)[C@H]4C[C@H]2C3)c1. The number of aliphatic hydroxyl groups excluding tert-OH is 2. The van der Waals surface area contributed by atoms with Gasteiger partial charge in [-0.25, -0.2) is 0 Å². The van der Waals surface area contributed by atoms with Crippen molar-refractivity contribution in [3.8, 4) is 5.75 Å². The number of primary amides is 1. The predicted octanol–water partition coefficient (Wildman–Crippen LogP) is 2.58. The number of amides is 1. The number of carbonyl (C=O) groups is 4. The van der Waals surface area contributed by atoms with Crippen molar-refractivity contribution in [2.24, 2.45) is 29.4 Å². The fourth-order valence-electron chi connectivity index (χ4n) is 7.06. The van der Waals surface area contributed by atoms with Gasteiger partial charge in [-0.3, -0.25) is 19.2 Å². The van der Waals surface area contributed by atoms with E-state index in [4.69, 9.17) is 5.73 Å². The van der Waals surface area contributed by atoms with Gasteiger partial charge in [-0.2, -0.15) is 0 Å². The van der Waals surface area contributed by atoms with Crippen molar-refractivity contribution in [3.63, 3.8) is 0 Å². The number of phenolic OH excluding ortho intramolecular Hbond substituents is 1. The smallest absolute Gasteiger partial charge is 0.255 e. The summed E-state index contributed by atoms with van der Waals surface area (Å²) in [4.78, 5) is 53.4. The number of nitrogens with two attached hydrogens (primary N) is 1. The Kier molecular flexibility index (Phi) is 6.84. The standard InChI is InChI=1S/C31H35N3O8/c1-13(2)21-19-9-16-8-18-20(33(4)5)10-17(12-34-7-6-15(11-34)14(3)35)25(36)23(18)27(38)22(16)28(39)31(19,42)29(40)24(26(21)37)30(32)41/h6-7,10-11,13,16,19,21,36-37,39,42H,8-9,12H2,1-5H3,(H2,32,41)/t16-,19-,21?,31-/m1/s1. The Hall–Kier alpha value is -4.38. The van der Waals surface area contributed by atoms with Crippen LogP contribution in [0.5, 0.6) is 5.75 Å². The lowest BCUT2D eigenvalue weighted by molar-refractivity contribution is -0.149. The zero-order valence-corrected chi connectivity index (χ0v) is 24.1. The van der Waals surface area contributed by atoms with Gasteiger partial charge in [-0.15, -0.1) is 0 Å². The normalized spacial score (nSPS) is 25.4. The van der Waals surface area contributed by atoms with Crippen molar-refractivity contribution in [1.29, 1.82) is 0 Å². The first-order valence-corrected chi connectivity index (χ1v) is 13.8. The number of phenols is 1. The van der Waals surface area contributed by atoms with E-state index in [1.54, 1.807) is 57.0 Å². The maximum atomic E-state index is 14.2. The zero-order valence-electron chi connectivity index (χ0n) is 24.1. The lowest BCUT2D eigenvalue weighted by Gasteiger charge is -2.50. The Morgan fingerprint density at radius 1 is 1.19 bits per heavy atom. The molecular weight excluding hydrogens is 542 g/mol. The third-order valence-electron chi connectivity index (χ3n) is 9.02. The van der Waals surface area contributed by atoms with E-state index in [9.17, 15) is 39.6 Å². The van der Waals surface area contributed by atoms with Gasteiger partial charge in [0.15, 0.2) is 17.2 Å². The van der Waals surface area contributed by atoms with Crippen LogP contribution in [-0.4, -0.2) is 67.9 Å². The van der Waals surface area contributed by atoms with Gasteiger partial charge >= 0.3 is 0 Å². The second-order valence-corrected chi connectivity index (χ2v) is 12.1. The van der Waals surface area contributed by atoms with Crippen LogP contribution in [0.15, 0.2) is 47.2 Å². The number of ketones is 3. The Bertz CT molecular complexity index is 1630. The number of rotatable bonds is 6. The van der Waals surface area contributed by atoms with Gasteiger partial charge in [0.1, 0.15) is 22.8 Å². The van der Waals surface area contributed by atoms with Crippen LogP contribution in [0.3, 0.4) is 0 Å². The third kappa shape index (κ3) is 4.05. The minimum absolute atomic E-state index is 0.0489. The molecule has 0 fully saturated rings. The molecule has 6 N–H and O–H groups in total. The summed E-state index contributed by atoms with van der Waals surface area (Å²) in [6.45, 7) is 5.09. The van der Waals surface area contributed by atoms with Crippen LogP contribution in [0, 0.1) is 23.7 Å². The molecular formula is C31H35N3O8. The molecule has 1 aromatic carbocycles. The number of aromatic hydroxyl groups is 1. The molecule has 222 valence electrons. The number of carbonyl (C=O) groups excluding carboxylic acids is 4. The highest BCUT2D eigenvalue weighted by atomic mass is 16.3. The van der Waals surface area contributed by atoms with Crippen LogP contribution in [0.2, 0.25) is 0 Å². The molecule has 11 heteroatoms. The van der Waals surface area contributed by atoms with Crippen molar-refractivity contribution in [2.75, 3.05) is 19.0 Å². The van der Waals surface area contributed by atoms with Crippen molar-refractivity contribution in [1.82, 2.24) is 4.57 Å². The molecule has 42 heavy (non-hydrogen) atoms. The van der Waals surface area contributed by atoms with E-state index < -0.39 is 57.9 Å².